The average Bonchev–Trinajstić information content (AvgIpc) is 2.30. The second-order valence-electron chi connectivity index (χ2n) is 4.85. The van der Waals surface area contributed by atoms with Crippen LogP contribution in [0.1, 0.15) is 19.3 Å². The van der Waals surface area contributed by atoms with Crippen molar-refractivity contribution in [1.82, 2.24) is 0 Å². The minimum Gasteiger partial charge on any atom is -0.385 e. The smallest absolute Gasteiger partial charge is 0.155 e. The molecule has 0 aromatic rings. The molecular formula is C9H16O5P2. The van der Waals surface area contributed by atoms with Crippen molar-refractivity contribution in [2.75, 3.05) is 19.8 Å². The van der Waals surface area contributed by atoms with Gasteiger partial charge in [-0.15, -0.1) is 0 Å². The van der Waals surface area contributed by atoms with Gasteiger partial charge in [0.05, 0.1) is 19.8 Å². The molecule has 0 radical (unpaired) electrons. The molecule has 1 spiro atoms. The van der Waals surface area contributed by atoms with Crippen LogP contribution >= 0.6 is 18.1 Å². The van der Waals surface area contributed by atoms with Gasteiger partial charge in [0.15, 0.2) is 18.1 Å². The van der Waals surface area contributed by atoms with E-state index in [1.165, 1.54) is 0 Å². The zero-order chi connectivity index (χ0) is 11.1. The molecule has 0 aromatic carbocycles. The van der Waals surface area contributed by atoms with E-state index in [0.717, 1.165) is 19.3 Å². The first-order valence-corrected chi connectivity index (χ1v) is 7.12. The van der Waals surface area contributed by atoms with Crippen LogP contribution < -0.4 is 0 Å². The molecule has 3 atom stereocenters. The highest BCUT2D eigenvalue weighted by Crippen LogP contribution is 2.52. The first-order valence-electron chi connectivity index (χ1n) is 5.49. The second-order valence-corrected chi connectivity index (χ2v) is 6.29. The molecule has 2 aliphatic heterocycles. The molecule has 2 heterocycles. The van der Waals surface area contributed by atoms with Gasteiger partial charge in [-0.1, -0.05) is 0 Å². The van der Waals surface area contributed by atoms with Gasteiger partial charge in [0.2, 0.25) is 0 Å². The molecule has 3 rings (SSSR count). The molecule has 3 unspecified atom stereocenters. The summed E-state index contributed by atoms with van der Waals surface area (Å²) < 4.78 is 21.8. The Kier molecular flexibility index (Phi) is 3.23. The van der Waals surface area contributed by atoms with Gasteiger partial charge in [-0.2, -0.15) is 0 Å². The number of rotatable bonds is 0. The fraction of sp³-hybridized carbons (Fsp3) is 1.00. The van der Waals surface area contributed by atoms with Crippen LogP contribution in [0.4, 0.5) is 0 Å². The molecule has 92 valence electrons. The van der Waals surface area contributed by atoms with Crippen molar-refractivity contribution >= 4 is 18.1 Å². The lowest BCUT2D eigenvalue weighted by molar-refractivity contribution is -0.202. The van der Waals surface area contributed by atoms with Crippen molar-refractivity contribution in [1.29, 1.82) is 0 Å². The van der Waals surface area contributed by atoms with E-state index in [9.17, 15) is 5.11 Å². The van der Waals surface area contributed by atoms with Crippen molar-refractivity contribution in [2.45, 2.75) is 31.0 Å². The van der Waals surface area contributed by atoms with E-state index < -0.39 is 5.60 Å². The summed E-state index contributed by atoms with van der Waals surface area (Å²) >= 11 is 0. The highest BCUT2D eigenvalue weighted by Gasteiger charge is 2.57. The molecule has 1 aliphatic carbocycles. The van der Waals surface area contributed by atoms with Crippen LogP contribution in [0.5, 0.6) is 0 Å². The molecule has 5 nitrogen and oxygen atoms in total. The molecule has 0 amide bonds. The van der Waals surface area contributed by atoms with Crippen LogP contribution in [0.25, 0.3) is 0 Å². The van der Waals surface area contributed by atoms with Gasteiger partial charge in [-0.05, 0) is 19.3 Å². The van der Waals surface area contributed by atoms with Gasteiger partial charge in [0.25, 0.3) is 0 Å². The minimum atomic E-state index is -0.851. The summed E-state index contributed by atoms with van der Waals surface area (Å²) in [6.07, 6.45) is 2.51. The SMILES string of the molecule is OC12CCCC3(COPOC3)C1OPOC2. The Hall–Kier alpha value is 0.660. The van der Waals surface area contributed by atoms with E-state index >= 15 is 0 Å². The van der Waals surface area contributed by atoms with Gasteiger partial charge >= 0.3 is 0 Å². The molecular weight excluding hydrogens is 250 g/mol. The van der Waals surface area contributed by atoms with Crippen molar-refractivity contribution < 1.29 is 23.2 Å². The van der Waals surface area contributed by atoms with E-state index in [0.29, 0.717) is 19.8 Å². The Morgan fingerprint density at radius 3 is 2.56 bits per heavy atom. The van der Waals surface area contributed by atoms with Crippen molar-refractivity contribution in [3.8, 4) is 0 Å². The van der Waals surface area contributed by atoms with Crippen LogP contribution in [0.3, 0.4) is 0 Å². The predicted molar refractivity (Wildman–Crippen MR) is 60.6 cm³/mol. The van der Waals surface area contributed by atoms with E-state index in [-0.39, 0.29) is 29.6 Å². The van der Waals surface area contributed by atoms with Crippen LogP contribution in [-0.4, -0.2) is 36.6 Å². The molecule has 0 bridgehead atoms. The Morgan fingerprint density at radius 2 is 1.75 bits per heavy atom. The summed E-state index contributed by atoms with van der Waals surface area (Å²) in [5.41, 5.74) is -1.02. The van der Waals surface area contributed by atoms with Gasteiger partial charge in [-0.25, -0.2) is 0 Å². The molecule has 2 saturated heterocycles. The fourth-order valence-electron chi connectivity index (χ4n) is 2.92. The summed E-state index contributed by atoms with van der Waals surface area (Å²) in [5, 5.41) is 10.6. The third-order valence-electron chi connectivity index (χ3n) is 3.71. The predicted octanol–water partition coefficient (Wildman–Crippen LogP) is 1.37. The first-order chi connectivity index (χ1) is 7.75. The number of hydrogen-bond donors (Lipinski definition) is 1. The molecule has 0 aromatic heterocycles. The molecule has 7 heteroatoms. The zero-order valence-corrected chi connectivity index (χ0v) is 10.9. The molecule has 3 aliphatic rings. The topological polar surface area (TPSA) is 57.2 Å². The van der Waals surface area contributed by atoms with Gasteiger partial charge in [0.1, 0.15) is 11.7 Å². The van der Waals surface area contributed by atoms with E-state index in [2.05, 4.69) is 0 Å². The summed E-state index contributed by atoms with van der Waals surface area (Å²) in [4.78, 5) is 0. The summed E-state index contributed by atoms with van der Waals surface area (Å²) in [6.45, 7) is 1.63. The van der Waals surface area contributed by atoms with Crippen LogP contribution in [0.15, 0.2) is 0 Å². The van der Waals surface area contributed by atoms with Crippen molar-refractivity contribution in [3.05, 3.63) is 0 Å². The average molecular weight is 266 g/mol. The van der Waals surface area contributed by atoms with Gasteiger partial charge < -0.3 is 23.2 Å². The number of aliphatic hydroxyl groups is 1. The third-order valence-corrected chi connectivity index (χ3v) is 4.83. The van der Waals surface area contributed by atoms with E-state index in [1.807, 2.05) is 0 Å². The van der Waals surface area contributed by atoms with E-state index in [1.54, 1.807) is 0 Å². The summed E-state index contributed by atoms with van der Waals surface area (Å²) in [6, 6.07) is 0. The lowest BCUT2D eigenvalue weighted by Crippen LogP contribution is -2.62. The lowest BCUT2D eigenvalue weighted by Gasteiger charge is -2.53. The van der Waals surface area contributed by atoms with Crippen molar-refractivity contribution in [3.63, 3.8) is 0 Å². The molecule has 3 fully saturated rings. The maximum atomic E-state index is 10.6. The Morgan fingerprint density at radius 1 is 1.00 bits per heavy atom. The molecule has 16 heavy (non-hydrogen) atoms. The van der Waals surface area contributed by atoms with Crippen molar-refractivity contribution in [2.24, 2.45) is 5.41 Å². The van der Waals surface area contributed by atoms with Crippen LogP contribution in [-0.2, 0) is 18.1 Å². The molecule has 1 N–H and O–H groups in total. The molecule has 1 saturated carbocycles. The highest BCUT2D eigenvalue weighted by atomic mass is 31.1. The Bertz CT molecular complexity index is 261. The van der Waals surface area contributed by atoms with E-state index in [4.69, 9.17) is 18.1 Å². The Labute approximate surface area is 98.1 Å². The second kappa shape index (κ2) is 4.40. The largest absolute Gasteiger partial charge is 0.385 e. The quantitative estimate of drug-likeness (QED) is 0.671. The van der Waals surface area contributed by atoms with Crippen LogP contribution in [0.2, 0.25) is 0 Å². The lowest BCUT2D eigenvalue weighted by atomic mass is 9.66. The normalized spacial score (nSPS) is 51.9. The van der Waals surface area contributed by atoms with Crippen LogP contribution in [0, 0.1) is 5.41 Å². The zero-order valence-electron chi connectivity index (χ0n) is 8.90. The van der Waals surface area contributed by atoms with Gasteiger partial charge in [0, 0.05) is 5.41 Å². The fourth-order valence-corrected chi connectivity index (χ4v) is 4.64. The van der Waals surface area contributed by atoms with Gasteiger partial charge in [-0.3, -0.25) is 0 Å². The first kappa shape index (κ1) is 11.7. The standard InChI is InChI=1S/C9H16O5P2/c10-9-3-1-2-8(4-11-15-12-5-8)7(9)14-16-13-6-9/h7,10,15-16H,1-6H2. The minimum absolute atomic E-state index is 0.0219. The number of fused-ring (bicyclic) bond motifs is 2. The summed E-state index contributed by atoms with van der Waals surface area (Å²) in [5.74, 6) is 0. The summed E-state index contributed by atoms with van der Waals surface area (Å²) in [7, 11) is 0.148. The maximum absolute atomic E-state index is 10.6. The third kappa shape index (κ3) is 1.83. The number of hydrogen-bond acceptors (Lipinski definition) is 5. The maximum Gasteiger partial charge on any atom is 0.155 e. The monoisotopic (exact) mass is 266 g/mol. The Balaban J connectivity index is 1.87. The highest BCUT2D eigenvalue weighted by molar-refractivity contribution is 7.26.